The van der Waals surface area contributed by atoms with E-state index in [0.29, 0.717) is 22.3 Å². The number of aryl methyl sites for hydroxylation is 1. The number of fused-ring (bicyclic) bond motifs is 1. The predicted octanol–water partition coefficient (Wildman–Crippen LogP) is 2.91. The van der Waals surface area contributed by atoms with Crippen LogP contribution in [0, 0.1) is 0 Å². The first kappa shape index (κ1) is 20.9. The number of nitrogens with zero attached hydrogens (tertiary/aromatic N) is 1. The van der Waals surface area contributed by atoms with Gasteiger partial charge in [-0.25, -0.2) is 5.48 Å². The molecule has 0 spiro atoms. The number of hydrogen-bond donors (Lipinski definition) is 4. The third kappa shape index (κ3) is 3.72. The smallest absolute Gasteiger partial charge is 0.274 e. The first-order valence-corrected chi connectivity index (χ1v) is 9.64. The van der Waals surface area contributed by atoms with Crippen molar-refractivity contribution >= 4 is 28.4 Å². The number of rotatable bonds is 5. The molecule has 4 rings (SSSR count). The number of anilines is 1. The highest BCUT2D eigenvalue weighted by molar-refractivity contribution is 6.08. The molecule has 2 heterocycles. The second-order valence-electron chi connectivity index (χ2n) is 7.10. The SMILES string of the molecule is COc1ccccc1-c1cn(C)c(=O)c2[nH]c(C(=O)Nc3ccc(C(=O)NO)cc3)cc12. The van der Waals surface area contributed by atoms with Gasteiger partial charge >= 0.3 is 0 Å². The molecule has 0 radical (unpaired) electrons. The van der Waals surface area contributed by atoms with E-state index in [4.69, 9.17) is 9.94 Å². The first-order valence-electron chi connectivity index (χ1n) is 9.64. The van der Waals surface area contributed by atoms with E-state index in [1.165, 1.54) is 28.8 Å². The Bertz CT molecular complexity index is 1390. The highest BCUT2D eigenvalue weighted by Crippen LogP contribution is 2.34. The van der Waals surface area contributed by atoms with Crippen LogP contribution in [-0.2, 0) is 7.05 Å². The number of aromatic amines is 1. The monoisotopic (exact) mass is 432 g/mol. The molecule has 2 amide bonds. The summed E-state index contributed by atoms with van der Waals surface area (Å²) >= 11 is 0. The van der Waals surface area contributed by atoms with Crippen LogP contribution < -0.4 is 21.1 Å². The number of para-hydroxylation sites is 1. The van der Waals surface area contributed by atoms with E-state index in [1.54, 1.807) is 31.9 Å². The van der Waals surface area contributed by atoms with Crippen molar-refractivity contribution in [3.63, 3.8) is 0 Å². The highest BCUT2D eigenvalue weighted by atomic mass is 16.5. The first-order chi connectivity index (χ1) is 15.4. The molecule has 32 heavy (non-hydrogen) atoms. The summed E-state index contributed by atoms with van der Waals surface area (Å²) in [6.07, 6.45) is 1.71. The molecule has 9 nitrogen and oxygen atoms in total. The van der Waals surface area contributed by atoms with Gasteiger partial charge in [0.05, 0.1) is 7.11 Å². The standard InChI is InChI=1S/C23H20N4O5/c1-27-12-17(15-5-3-4-6-19(15)32-2)16-11-18(25-20(16)23(27)30)22(29)24-14-9-7-13(8-10-14)21(28)26-31/h3-12,25,31H,1-2H3,(H,24,29)(H,26,28). The van der Waals surface area contributed by atoms with Crippen LogP contribution in [0.2, 0.25) is 0 Å². The molecule has 0 bridgehead atoms. The van der Waals surface area contributed by atoms with Gasteiger partial charge in [0.2, 0.25) is 0 Å². The Labute approximate surface area is 182 Å². The van der Waals surface area contributed by atoms with Gasteiger partial charge in [0.1, 0.15) is 17.0 Å². The third-order valence-electron chi connectivity index (χ3n) is 5.11. The minimum absolute atomic E-state index is 0.205. The van der Waals surface area contributed by atoms with Crippen molar-refractivity contribution in [3.8, 4) is 16.9 Å². The maximum absolute atomic E-state index is 12.8. The van der Waals surface area contributed by atoms with Gasteiger partial charge < -0.3 is 19.6 Å². The summed E-state index contributed by atoms with van der Waals surface area (Å²) in [6, 6.07) is 15.0. The fourth-order valence-electron chi connectivity index (χ4n) is 3.51. The van der Waals surface area contributed by atoms with E-state index in [9.17, 15) is 14.4 Å². The number of amides is 2. The lowest BCUT2D eigenvalue weighted by Gasteiger charge is -2.10. The molecule has 162 valence electrons. The molecule has 0 aliphatic carbocycles. The Hall–Kier alpha value is -4.37. The molecule has 0 saturated carbocycles. The van der Waals surface area contributed by atoms with Crippen LogP contribution in [0.5, 0.6) is 5.75 Å². The summed E-state index contributed by atoms with van der Waals surface area (Å²) in [5.74, 6) is -0.460. The molecule has 4 aromatic rings. The normalized spacial score (nSPS) is 10.7. The van der Waals surface area contributed by atoms with Crippen LogP contribution in [-0.4, -0.2) is 33.7 Å². The third-order valence-corrected chi connectivity index (χ3v) is 5.11. The fourth-order valence-corrected chi connectivity index (χ4v) is 3.51. The average molecular weight is 432 g/mol. The average Bonchev–Trinajstić information content (AvgIpc) is 3.27. The van der Waals surface area contributed by atoms with Crippen LogP contribution in [0.3, 0.4) is 0 Å². The summed E-state index contributed by atoms with van der Waals surface area (Å²) in [4.78, 5) is 39.9. The number of nitrogens with one attached hydrogen (secondary N) is 3. The van der Waals surface area contributed by atoms with Gasteiger partial charge in [0, 0.05) is 41.0 Å². The molecule has 0 fully saturated rings. The number of hydroxylamine groups is 1. The van der Waals surface area contributed by atoms with Crippen molar-refractivity contribution in [1.82, 2.24) is 15.0 Å². The van der Waals surface area contributed by atoms with Gasteiger partial charge in [-0.3, -0.25) is 19.6 Å². The zero-order valence-corrected chi connectivity index (χ0v) is 17.3. The van der Waals surface area contributed by atoms with Crippen molar-refractivity contribution in [2.24, 2.45) is 7.05 Å². The van der Waals surface area contributed by atoms with Crippen molar-refractivity contribution in [2.75, 3.05) is 12.4 Å². The maximum atomic E-state index is 12.8. The molecule has 9 heteroatoms. The summed E-state index contributed by atoms with van der Waals surface area (Å²) < 4.78 is 6.92. The maximum Gasteiger partial charge on any atom is 0.274 e. The summed E-state index contributed by atoms with van der Waals surface area (Å²) in [7, 11) is 3.22. The molecular weight excluding hydrogens is 412 g/mol. The van der Waals surface area contributed by atoms with E-state index in [-0.39, 0.29) is 16.8 Å². The Morgan fingerprint density at radius 1 is 1.03 bits per heavy atom. The zero-order valence-electron chi connectivity index (χ0n) is 17.3. The molecule has 4 N–H and O–H groups in total. The summed E-state index contributed by atoms with van der Waals surface area (Å²) in [5, 5.41) is 12.0. The van der Waals surface area contributed by atoms with Crippen molar-refractivity contribution < 1.29 is 19.5 Å². The lowest BCUT2D eigenvalue weighted by Crippen LogP contribution is -2.18. The van der Waals surface area contributed by atoms with Crippen molar-refractivity contribution in [3.05, 3.63) is 82.4 Å². The number of benzene rings is 2. The van der Waals surface area contributed by atoms with E-state index >= 15 is 0 Å². The Kier molecular flexibility index (Phi) is 5.48. The topological polar surface area (TPSA) is 125 Å². The minimum atomic E-state index is -0.654. The fraction of sp³-hybridized carbons (Fsp3) is 0.0870. The molecule has 0 aliphatic rings. The second-order valence-corrected chi connectivity index (χ2v) is 7.10. The van der Waals surface area contributed by atoms with Gasteiger partial charge in [0.15, 0.2) is 0 Å². The highest BCUT2D eigenvalue weighted by Gasteiger charge is 2.18. The van der Waals surface area contributed by atoms with Crippen molar-refractivity contribution in [2.45, 2.75) is 0 Å². The van der Waals surface area contributed by atoms with Gasteiger partial charge in [-0.05, 0) is 36.4 Å². The van der Waals surface area contributed by atoms with Gasteiger partial charge in [-0.15, -0.1) is 0 Å². The molecule has 0 saturated heterocycles. The van der Waals surface area contributed by atoms with Crippen LogP contribution in [0.4, 0.5) is 5.69 Å². The molecular formula is C23H20N4O5. The van der Waals surface area contributed by atoms with Gasteiger partial charge in [-0.2, -0.15) is 0 Å². The second kappa shape index (κ2) is 8.40. The largest absolute Gasteiger partial charge is 0.496 e. The quantitative estimate of drug-likeness (QED) is 0.285. The Morgan fingerprint density at radius 2 is 1.75 bits per heavy atom. The van der Waals surface area contributed by atoms with Crippen LogP contribution in [0.15, 0.2) is 65.6 Å². The van der Waals surface area contributed by atoms with E-state index in [0.717, 1.165) is 11.1 Å². The molecule has 0 unspecified atom stereocenters. The van der Waals surface area contributed by atoms with Crippen LogP contribution >= 0.6 is 0 Å². The van der Waals surface area contributed by atoms with Crippen LogP contribution in [0.25, 0.3) is 22.0 Å². The number of methoxy groups -OCH3 is 1. The van der Waals surface area contributed by atoms with E-state index in [1.807, 2.05) is 24.3 Å². The molecule has 0 atom stereocenters. The lowest BCUT2D eigenvalue weighted by molar-refractivity contribution is 0.0706. The van der Waals surface area contributed by atoms with Gasteiger partial charge in [0.25, 0.3) is 17.4 Å². The molecule has 2 aromatic carbocycles. The van der Waals surface area contributed by atoms with Crippen molar-refractivity contribution in [1.29, 1.82) is 0 Å². The number of ether oxygens (including phenoxy) is 1. The predicted molar refractivity (Wildman–Crippen MR) is 119 cm³/mol. The summed E-state index contributed by atoms with van der Waals surface area (Å²) in [6.45, 7) is 0. The Balaban J connectivity index is 1.73. The number of H-pyrrole nitrogens is 1. The number of carbonyl (C=O) groups is 2. The van der Waals surface area contributed by atoms with E-state index < -0.39 is 11.8 Å². The number of carbonyl (C=O) groups excluding carboxylic acids is 2. The van der Waals surface area contributed by atoms with Gasteiger partial charge in [-0.1, -0.05) is 18.2 Å². The number of pyridine rings is 1. The van der Waals surface area contributed by atoms with Crippen LogP contribution in [0.1, 0.15) is 20.8 Å². The molecule has 2 aromatic heterocycles. The summed E-state index contributed by atoms with van der Waals surface area (Å²) in [5.41, 5.74) is 4.01. The van der Waals surface area contributed by atoms with E-state index in [2.05, 4.69) is 10.3 Å². The number of hydrogen-bond acceptors (Lipinski definition) is 5. The Morgan fingerprint density at radius 3 is 2.44 bits per heavy atom. The lowest BCUT2D eigenvalue weighted by atomic mass is 10.0. The number of aromatic nitrogens is 2. The zero-order chi connectivity index (χ0) is 22.8. The minimum Gasteiger partial charge on any atom is -0.496 e. The molecule has 0 aliphatic heterocycles.